The molecular formula is C19H22N6. The van der Waals surface area contributed by atoms with Crippen molar-refractivity contribution in [1.82, 2.24) is 24.6 Å². The number of likely N-dealkylation sites (tertiary alicyclic amines) is 1. The Morgan fingerprint density at radius 3 is 2.80 bits per heavy atom. The Labute approximate surface area is 146 Å². The summed E-state index contributed by atoms with van der Waals surface area (Å²) < 4.78 is 2.20. The highest BCUT2D eigenvalue weighted by Gasteiger charge is 2.44. The summed E-state index contributed by atoms with van der Waals surface area (Å²) in [7, 11) is 4.09. The number of hydrogen-bond donors (Lipinski definition) is 1. The van der Waals surface area contributed by atoms with Crippen molar-refractivity contribution < 1.29 is 0 Å². The number of anilines is 1. The van der Waals surface area contributed by atoms with Gasteiger partial charge in [-0.2, -0.15) is 5.10 Å². The molecule has 5 rings (SSSR count). The van der Waals surface area contributed by atoms with Crippen LogP contribution in [0.3, 0.4) is 0 Å². The van der Waals surface area contributed by atoms with Gasteiger partial charge in [0, 0.05) is 43.0 Å². The Hall–Kier alpha value is -2.47. The van der Waals surface area contributed by atoms with E-state index in [-0.39, 0.29) is 0 Å². The molecule has 2 aliphatic rings. The lowest BCUT2D eigenvalue weighted by molar-refractivity contribution is 0.366. The van der Waals surface area contributed by atoms with Gasteiger partial charge in [0.25, 0.3) is 0 Å². The third-order valence-corrected chi connectivity index (χ3v) is 5.76. The van der Waals surface area contributed by atoms with Crippen molar-refractivity contribution in [1.29, 1.82) is 0 Å². The fraction of sp³-hybridized carbons (Fsp3) is 0.421. The summed E-state index contributed by atoms with van der Waals surface area (Å²) >= 11 is 0. The molecule has 6 heteroatoms. The number of nitrogens with one attached hydrogen (secondary N) is 1. The molecule has 2 aliphatic heterocycles. The maximum atomic E-state index is 4.87. The Balaban J connectivity index is 1.56. The number of aromatic nitrogens is 4. The van der Waals surface area contributed by atoms with Crippen LogP contribution in [0, 0.1) is 0 Å². The van der Waals surface area contributed by atoms with Gasteiger partial charge in [-0.3, -0.25) is 9.67 Å². The maximum Gasteiger partial charge on any atom is 0.126 e. The van der Waals surface area contributed by atoms with Crippen LogP contribution < -0.4 is 5.32 Å². The minimum atomic E-state index is 0.293. The second-order valence-electron chi connectivity index (χ2n) is 7.36. The number of aryl methyl sites for hydroxylation is 1. The fourth-order valence-electron chi connectivity index (χ4n) is 4.38. The van der Waals surface area contributed by atoms with Gasteiger partial charge < -0.3 is 10.2 Å². The van der Waals surface area contributed by atoms with Crippen molar-refractivity contribution >= 4 is 16.9 Å². The Bertz CT molecular complexity index is 962. The number of likely N-dealkylation sites (N-methyl/N-ethyl adjacent to an activating group) is 1. The zero-order valence-electron chi connectivity index (χ0n) is 14.7. The number of nitrogens with zero attached hydrogens (tertiary/aromatic N) is 5. The smallest absolute Gasteiger partial charge is 0.126 e. The van der Waals surface area contributed by atoms with Gasteiger partial charge in [0.15, 0.2) is 0 Å². The summed E-state index contributed by atoms with van der Waals surface area (Å²) in [6, 6.07) is 8.31. The molecule has 1 N–H and O–H groups in total. The zero-order valence-corrected chi connectivity index (χ0v) is 14.7. The number of rotatable bonds is 2. The topological polar surface area (TPSA) is 58.9 Å². The lowest BCUT2D eigenvalue weighted by Gasteiger charge is -2.21. The normalized spacial score (nSPS) is 22.8. The van der Waals surface area contributed by atoms with Crippen LogP contribution in [0.15, 0.2) is 30.5 Å². The summed E-state index contributed by atoms with van der Waals surface area (Å²) in [5.41, 5.74) is 5.54. The van der Waals surface area contributed by atoms with Crippen LogP contribution in [0.4, 0.5) is 5.82 Å². The van der Waals surface area contributed by atoms with Crippen LogP contribution in [-0.4, -0.2) is 51.8 Å². The van der Waals surface area contributed by atoms with Crippen molar-refractivity contribution in [3.8, 4) is 11.3 Å². The molecule has 5 heterocycles. The van der Waals surface area contributed by atoms with Gasteiger partial charge in [0.05, 0.1) is 16.7 Å². The molecule has 1 unspecified atom stereocenters. The third-order valence-electron chi connectivity index (χ3n) is 5.76. The van der Waals surface area contributed by atoms with E-state index in [4.69, 9.17) is 5.10 Å². The van der Waals surface area contributed by atoms with Crippen LogP contribution in [0.25, 0.3) is 22.3 Å². The Morgan fingerprint density at radius 1 is 1.12 bits per heavy atom. The number of pyridine rings is 2. The van der Waals surface area contributed by atoms with Crippen molar-refractivity contribution in [2.75, 3.05) is 32.5 Å². The van der Waals surface area contributed by atoms with Crippen molar-refractivity contribution in [3.63, 3.8) is 0 Å². The van der Waals surface area contributed by atoms with Crippen molar-refractivity contribution in [3.05, 3.63) is 36.2 Å². The fourth-order valence-corrected chi connectivity index (χ4v) is 4.38. The maximum absolute atomic E-state index is 4.87. The van der Waals surface area contributed by atoms with Crippen molar-refractivity contribution in [2.45, 2.75) is 24.8 Å². The van der Waals surface area contributed by atoms with E-state index in [1.54, 1.807) is 0 Å². The molecule has 128 valence electrons. The summed E-state index contributed by atoms with van der Waals surface area (Å²) in [4.78, 5) is 11.6. The predicted octanol–water partition coefficient (Wildman–Crippen LogP) is 2.51. The monoisotopic (exact) mass is 334 g/mol. The molecule has 0 saturated carbocycles. The first kappa shape index (κ1) is 14.8. The largest absolute Gasteiger partial charge is 0.373 e. The first-order valence-electron chi connectivity index (χ1n) is 8.89. The summed E-state index contributed by atoms with van der Waals surface area (Å²) in [6.07, 6.45) is 4.36. The van der Waals surface area contributed by atoms with E-state index in [1.807, 2.05) is 25.4 Å². The van der Waals surface area contributed by atoms with E-state index >= 15 is 0 Å². The van der Waals surface area contributed by atoms with Gasteiger partial charge >= 0.3 is 0 Å². The van der Waals surface area contributed by atoms with E-state index in [9.17, 15) is 0 Å². The van der Waals surface area contributed by atoms with Crippen LogP contribution in [0.5, 0.6) is 0 Å². The number of hydrogen-bond acceptors (Lipinski definition) is 5. The lowest BCUT2D eigenvalue weighted by atomic mass is 9.82. The Morgan fingerprint density at radius 2 is 2.00 bits per heavy atom. The van der Waals surface area contributed by atoms with Gasteiger partial charge in [0.1, 0.15) is 5.82 Å². The Kier molecular flexibility index (Phi) is 3.12. The highest BCUT2D eigenvalue weighted by Crippen LogP contribution is 2.43. The molecule has 3 aromatic heterocycles. The molecule has 0 aromatic carbocycles. The summed E-state index contributed by atoms with van der Waals surface area (Å²) in [5, 5.41) is 7.95. The SMILES string of the molecule is CNc1ccc2ncc(-c3cc4n(n3)CCC43CCN(C)C3)cc2n1. The molecule has 25 heavy (non-hydrogen) atoms. The van der Waals surface area contributed by atoms with Gasteiger partial charge in [-0.15, -0.1) is 0 Å². The van der Waals surface area contributed by atoms with E-state index in [1.165, 1.54) is 25.1 Å². The predicted molar refractivity (Wildman–Crippen MR) is 98.7 cm³/mol. The molecule has 1 spiro atoms. The second-order valence-corrected chi connectivity index (χ2v) is 7.36. The average molecular weight is 334 g/mol. The standard InChI is InChI=1S/C19H22N6/c1-20-18-4-3-14-16(22-18)9-13(11-21-14)15-10-17-19(5-7-24(2)12-19)6-8-25(17)23-15/h3-4,9-11H,5-8,12H2,1-2H3,(H,20,22). The molecule has 0 radical (unpaired) electrons. The van der Waals surface area contributed by atoms with Gasteiger partial charge in [0.2, 0.25) is 0 Å². The molecule has 6 nitrogen and oxygen atoms in total. The van der Waals surface area contributed by atoms with Gasteiger partial charge in [-0.25, -0.2) is 4.98 Å². The molecule has 3 aromatic rings. The quantitative estimate of drug-likeness (QED) is 0.780. The van der Waals surface area contributed by atoms with Crippen LogP contribution >= 0.6 is 0 Å². The van der Waals surface area contributed by atoms with Crippen molar-refractivity contribution in [2.24, 2.45) is 0 Å². The first-order valence-corrected chi connectivity index (χ1v) is 8.89. The highest BCUT2D eigenvalue weighted by molar-refractivity contribution is 5.80. The second kappa shape index (κ2) is 5.26. The van der Waals surface area contributed by atoms with E-state index in [0.29, 0.717) is 5.41 Å². The van der Waals surface area contributed by atoms with E-state index in [0.717, 1.165) is 41.2 Å². The van der Waals surface area contributed by atoms with E-state index in [2.05, 4.69) is 44.0 Å². The first-order chi connectivity index (χ1) is 12.2. The number of fused-ring (bicyclic) bond motifs is 3. The molecular weight excluding hydrogens is 312 g/mol. The lowest BCUT2D eigenvalue weighted by Crippen LogP contribution is -2.26. The van der Waals surface area contributed by atoms with Crippen LogP contribution in [-0.2, 0) is 12.0 Å². The summed E-state index contributed by atoms with van der Waals surface area (Å²) in [5.74, 6) is 0.853. The average Bonchev–Trinajstić information content (AvgIpc) is 3.31. The molecule has 0 bridgehead atoms. The molecule has 1 fully saturated rings. The molecule has 0 aliphatic carbocycles. The third kappa shape index (κ3) is 2.24. The van der Waals surface area contributed by atoms with Crippen LogP contribution in [0.2, 0.25) is 0 Å². The van der Waals surface area contributed by atoms with E-state index < -0.39 is 0 Å². The summed E-state index contributed by atoms with van der Waals surface area (Å²) in [6.45, 7) is 3.34. The van der Waals surface area contributed by atoms with Crippen LogP contribution in [0.1, 0.15) is 18.5 Å². The molecule has 1 saturated heterocycles. The molecule has 1 atom stereocenters. The highest BCUT2D eigenvalue weighted by atomic mass is 15.3. The zero-order chi connectivity index (χ0) is 17.0. The minimum absolute atomic E-state index is 0.293. The molecule has 0 amide bonds. The van der Waals surface area contributed by atoms with Gasteiger partial charge in [-0.1, -0.05) is 0 Å². The van der Waals surface area contributed by atoms with Gasteiger partial charge in [-0.05, 0) is 50.7 Å². The minimum Gasteiger partial charge on any atom is -0.373 e.